The van der Waals surface area contributed by atoms with E-state index in [0.717, 1.165) is 17.8 Å². The van der Waals surface area contributed by atoms with Crippen LogP contribution in [0.3, 0.4) is 0 Å². The average Bonchev–Trinajstić information content (AvgIpc) is 2.84. The number of aromatic nitrogens is 1. The van der Waals surface area contributed by atoms with Gasteiger partial charge in [-0.2, -0.15) is 0 Å². The smallest absolute Gasteiger partial charge is 0.0897 e. The van der Waals surface area contributed by atoms with E-state index in [0.29, 0.717) is 6.04 Å². The molecule has 3 rings (SSSR count). The van der Waals surface area contributed by atoms with Crippen LogP contribution < -0.4 is 5.32 Å². The molecular weight excluding hydrogens is 216 g/mol. The van der Waals surface area contributed by atoms with Crippen LogP contribution in [0.1, 0.15) is 16.3 Å². The summed E-state index contributed by atoms with van der Waals surface area (Å²) in [6, 6.07) is 9.06. The maximum Gasteiger partial charge on any atom is 0.0897 e. The highest BCUT2D eigenvalue weighted by molar-refractivity contribution is 7.09. The van der Waals surface area contributed by atoms with E-state index in [-0.39, 0.29) is 0 Å². The molecule has 2 nitrogen and oxygen atoms in total. The van der Waals surface area contributed by atoms with Gasteiger partial charge >= 0.3 is 0 Å². The number of nitrogens with zero attached hydrogens (tertiary/aromatic N) is 1. The molecule has 1 atom stereocenters. The number of thiazole rings is 1. The average molecular weight is 230 g/mol. The first-order valence-corrected chi connectivity index (χ1v) is 6.44. The van der Waals surface area contributed by atoms with E-state index < -0.39 is 0 Å². The molecule has 82 valence electrons. The Morgan fingerprint density at radius 2 is 2.31 bits per heavy atom. The van der Waals surface area contributed by atoms with Crippen molar-refractivity contribution in [1.82, 2.24) is 4.98 Å². The third-order valence-electron chi connectivity index (χ3n) is 2.97. The maximum atomic E-state index is 4.52. The number of nitrogens with one attached hydrogen (secondary N) is 1. The third-order valence-corrected chi connectivity index (χ3v) is 3.79. The van der Waals surface area contributed by atoms with Gasteiger partial charge in [-0.25, -0.2) is 4.98 Å². The number of hydrogen-bond donors (Lipinski definition) is 1. The van der Waals surface area contributed by atoms with Gasteiger partial charge in [0.25, 0.3) is 0 Å². The zero-order chi connectivity index (χ0) is 11.0. The minimum absolute atomic E-state index is 0.513. The largest absolute Gasteiger partial charge is 0.381 e. The van der Waals surface area contributed by atoms with Crippen molar-refractivity contribution < 1.29 is 0 Å². The van der Waals surface area contributed by atoms with E-state index in [2.05, 4.69) is 46.9 Å². The van der Waals surface area contributed by atoms with Crippen LogP contribution >= 0.6 is 11.3 Å². The number of para-hydroxylation sites is 1. The number of hydrogen-bond acceptors (Lipinski definition) is 3. The van der Waals surface area contributed by atoms with Gasteiger partial charge in [0.05, 0.1) is 10.7 Å². The van der Waals surface area contributed by atoms with Crippen LogP contribution in [0.4, 0.5) is 5.69 Å². The first kappa shape index (κ1) is 9.85. The third kappa shape index (κ3) is 1.83. The van der Waals surface area contributed by atoms with E-state index >= 15 is 0 Å². The minimum Gasteiger partial charge on any atom is -0.381 e. The normalized spacial score (nSPS) is 18.2. The summed E-state index contributed by atoms with van der Waals surface area (Å²) in [4.78, 5) is 4.52. The number of benzene rings is 1. The summed E-state index contributed by atoms with van der Waals surface area (Å²) in [6.07, 6.45) is 2.14. The Balaban J connectivity index is 1.72. The molecule has 0 saturated heterocycles. The molecule has 0 amide bonds. The first-order chi connectivity index (χ1) is 7.81. The highest BCUT2D eigenvalue weighted by atomic mass is 32.1. The lowest BCUT2D eigenvalue weighted by molar-refractivity contribution is 0.733. The summed E-state index contributed by atoms with van der Waals surface area (Å²) in [6.45, 7) is 2.06. The van der Waals surface area contributed by atoms with Crippen LogP contribution in [0.25, 0.3) is 0 Å². The standard InChI is InChI=1S/C13H14N2S/c1-9-14-12(8-16-9)7-11-6-10-4-2-3-5-13(10)15-11/h2-5,8,11,15H,6-7H2,1H3. The molecule has 1 unspecified atom stereocenters. The zero-order valence-corrected chi connectivity index (χ0v) is 10.1. The Hall–Kier alpha value is -1.35. The van der Waals surface area contributed by atoms with Gasteiger partial charge in [0.2, 0.25) is 0 Å². The predicted octanol–water partition coefficient (Wildman–Crippen LogP) is 3.03. The fraction of sp³-hybridized carbons (Fsp3) is 0.308. The van der Waals surface area contributed by atoms with E-state index in [4.69, 9.17) is 0 Å². The van der Waals surface area contributed by atoms with E-state index in [1.807, 2.05) is 0 Å². The number of fused-ring (bicyclic) bond motifs is 1. The van der Waals surface area contributed by atoms with Crippen LogP contribution in [0.15, 0.2) is 29.6 Å². The van der Waals surface area contributed by atoms with Crippen LogP contribution in [0.5, 0.6) is 0 Å². The van der Waals surface area contributed by atoms with Gasteiger partial charge in [-0.15, -0.1) is 11.3 Å². The first-order valence-electron chi connectivity index (χ1n) is 5.57. The molecule has 1 aliphatic rings. The molecular formula is C13H14N2S. The monoisotopic (exact) mass is 230 g/mol. The van der Waals surface area contributed by atoms with Crippen LogP contribution in [0.2, 0.25) is 0 Å². The van der Waals surface area contributed by atoms with E-state index in [9.17, 15) is 0 Å². The molecule has 1 aromatic heterocycles. The fourth-order valence-electron chi connectivity index (χ4n) is 2.25. The Kier molecular flexibility index (Phi) is 2.40. The molecule has 1 aromatic carbocycles. The molecule has 0 spiro atoms. The van der Waals surface area contributed by atoms with Crippen molar-refractivity contribution in [3.63, 3.8) is 0 Å². The SMILES string of the molecule is Cc1nc(CC2Cc3ccccc3N2)cs1. The van der Waals surface area contributed by atoms with Gasteiger partial charge in [-0.1, -0.05) is 18.2 Å². The Labute approximate surface area is 99.4 Å². The van der Waals surface area contributed by atoms with Gasteiger partial charge in [-0.3, -0.25) is 0 Å². The molecule has 3 heteroatoms. The molecule has 1 N–H and O–H groups in total. The zero-order valence-electron chi connectivity index (χ0n) is 9.23. The summed E-state index contributed by atoms with van der Waals surface area (Å²) in [5.74, 6) is 0. The molecule has 2 aromatic rings. The number of anilines is 1. The second kappa shape index (κ2) is 3.91. The molecule has 0 aliphatic carbocycles. The second-order valence-electron chi connectivity index (χ2n) is 4.26. The molecule has 0 saturated carbocycles. The van der Waals surface area contributed by atoms with Crippen molar-refractivity contribution >= 4 is 17.0 Å². The quantitative estimate of drug-likeness (QED) is 0.857. The molecule has 0 radical (unpaired) electrons. The van der Waals surface area contributed by atoms with Gasteiger partial charge in [0.1, 0.15) is 0 Å². The summed E-state index contributed by atoms with van der Waals surface area (Å²) in [7, 11) is 0. The summed E-state index contributed by atoms with van der Waals surface area (Å²) in [5.41, 5.74) is 3.94. The van der Waals surface area contributed by atoms with Gasteiger partial charge < -0.3 is 5.32 Å². The molecule has 16 heavy (non-hydrogen) atoms. The maximum absolute atomic E-state index is 4.52. The van der Waals surface area contributed by atoms with Crippen LogP contribution in [0, 0.1) is 6.92 Å². The van der Waals surface area contributed by atoms with Gasteiger partial charge in [0, 0.05) is 23.5 Å². The predicted molar refractivity (Wildman–Crippen MR) is 68.1 cm³/mol. The highest BCUT2D eigenvalue weighted by Crippen LogP contribution is 2.26. The van der Waals surface area contributed by atoms with Gasteiger partial charge in [-0.05, 0) is 25.0 Å². The molecule has 0 bridgehead atoms. The lowest BCUT2D eigenvalue weighted by atomic mass is 10.1. The highest BCUT2D eigenvalue weighted by Gasteiger charge is 2.20. The molecule has 1 aliphatic heterocycles. The fourth-order valence-corrected chi connectivity index (χ4v) is 2.88. The van der Waals surface area contributed by atoms with E-state index in [1.165, 1.54) is 16.9 Å². The second-order valence-corrected chi connectivity index (χ2v) is 5.33. The van der Waals surface area contributed by atoms with Crippen molar-refractivity contribution in [2.75, 3.05) is 5.32 Å². The topological polar surface area (TPSA) is 24.9 Å². The Morgan fingerprint density at radius 3 is 3.06 bits per heavy atom. The van der Waals surface area contributed by atoms with Crippen molar-refractivity contribution in [1.29, 1.82) is 0 Å². The number of rotatable bonds is 2. The van der Waals surface area contributed by atoms with Crippen molar-refractivity contribution in [2.24, 2.45) is 0 Å². The van der Waals surface area contributed by atoms with Crippen molar-refractivity contribution in [3.8, 4) is 0 Å². The summed E-state index contributed by atoms with van der Waals surface area (Å²) >= 11 is 1.73. The van der Waals surface area contributed by atoms with E-state index in [1.54, 1.807) is 11.3 Å². The number of aryl methyl sites for hydroxylation is 1. The molecule has 0 fully saturated rings. The summed E-state index contributed by atoms with van der Waals surface area (Å²) < 4.78 is 0. The van der Waals surface area contributed by atoms with Gasteiger partial charge in [0.15, 0.2) is 0 Å². The minimum atomic E-state index is 0.513. The lowest BCUT2D eigenvalue weighted by Crippen LogP contribution is -2.18. The van der Waals surface area contributed by atoms with Crippen LogP contribution in [-0.2, 0) is 12.8 Å². The van der Waals surface area contributed by atoms with Crippen LogP contribution in [-0.4, -0.2) is 11.0 Å². The van der Waals surface area contributed by atoms with Crippen molar-refractivity contribution in [3.05, 3.63) is 45.9 Å². The lowest BCUT2D eigenvalue weighted by Gasteiger charge is -2.08. The van der Waals surface area contributed by atoms with Crippen molar-refractivity contribution in [2.45, 2.75) is 25.8 Å². The summed E-state index contributed by atoms with van der Waals surface area (Å²) in [5, 5.41) is 6.88. The molecule has 2 heterocycles. The Morgan fingerprint density at radius 1 is 1.44 bits per heavy atom. The Bertz CT molecular complexity index is 479.